The molecule has 1 saturated carbocycles. The Hall–Kier alpha value is -1.20. The van der Waals surface area contributed by atoms with Crippen LogP contribution < -0.4 is 11.1 Å². The van der Waals surface area contributed by atoms with Crippen molar-refractivity contribution in [3.8, 4) is 0 Å². The van der Waals surface area contributed by atoms with Crippen molar-refractivity contribution < 1.29 is 4.74 Å². The molecule has 0 saturated heterocycles. The van der Waals surface area contributed by atoms with Crippen LogP contribution in [-0.2, 0) is 4.74 Å². The van der Waals surface area contributed by atoms with Gasteiger partial charge in [0.2, 0.25) is 0 Å². The number of rotatable bonds is 5. The average molecular weight is 250 g/mol. The van der Waals surface area contributed by atoms with Gasteiger partial charge in [-0.1, -0.05) is 0 Å². The van der Waals surface area contributed by atoms with Gasteiger partial charge in [0.15, 0.2) is 0 Å². The summed E-state index contributed by atoms with van der Waals surface area (Å²) in [5, 5.41) is 11.1. The quantitative estimate of drug-likeness (QED) is 0.774. The number of ether oxygens (including phenoxy) is 1. The molecule has 0 spiro atoms. The molecule has 0 radical (unpaired) electrons. The first-order valence-electron chi connectivity index (χ1n) is 6.64. The van der Waals surface area contributed by atoms with E-state index in [1.54, 1.807) is 6.20 Å². The van der Waals surface area contributed by atoms with Crippen molar-refractivity contribution in [3.63, 3.8) is 0 Å². The van der Waals surface area contributed by atoms with E-state index in [2.05, 4.69) is 15.5 Å². The predicted octanol–water partition coefficient (Wildman–Crippen LogP) is 1.48. The Bertz CT molecular complexity index is 364. The van der Waals surface area contributed by atoms with Crippen molar-refractivity contribution in [2.75, 3.05) is 18.5 Å². The second kappa shape index (κ2) is 6.66. The molecule has 1 aliphatic rings. The van der Waals surface area contributed by atoms with E-state index in [9.17, 15) is 0 Å². The van der Waals surface area contributed by atoms with Gasteiger partial charge in [0, 0.05) is 12.6 Å². The van der Waals surface area contributed by atoms with Crippen molar-refractivity contribution in [2.24, 2.45) is 5.73 Å². The highest BCUT2D eigenvalue weighted by Gasteiger charge is 2.18. The minimum Gasteiger partial charge on any atom is -0.376 e. The number of hydrogen-bond acceptors (Lipinski definition) is 5. The van der Waals surface area contributed by atoms with Gasteiger partial charge in [-0.05, 0) is 44.2 Å². The zero-order chi connectivity index (χ0) is 12.8. The van der Waals surface area contributed by atoms with Crippen LogP contribution in [0.4, 0.5) is 5.82 Å². The maximum atomic E-state index is 5.86. The van der Waals surface area contributed by atoms with E-state index in [1.165, 1.54) is 0 Å². The van der Waals surface area contributed by atoms with E-state index in [-0.39, 0.29) is 0 Å². The number of anilines is 1. The number of aryl methyl sites for hydroxylation is 1. The first kappa shape index (κ1) is 13.2. The van der Waals surface area contributed by atoms with Gasteiger partial charge in [-0.15, -0.1) is 5.10 Å². The molecule has 0 amide bonds. The molecule has 1 aliphatic carbocycles. The van der Waals surface area contributed by atoms with Crippen LogP contribution in [0.15, 0.2) is 12.3 Å². The van der Waals surface area contributed by atoms with Crippen LogP contribution >= 0.6 is 0 Å². The summed E-state index contributed by atoms with van der Waals surface area (Å²) in [7, 11) is 0. The first-order valence-corrected chi connectivity index (χ1v) is 6.64. The topological polar surface area (TPSA) is 73.1 Å². The average Bonchev–Trinajstić information content (AvgIpc) is 2.37. The Morgan fingerprint density at radius 3 is 2.89 bits per heavy atom. The van der Waals surface area contributed by atoms with Crippen molar-refractivity contribution in [1.82, 2.24) is 10.2 Å². The van der Waals surface area contributed by atoms with Crippen molar-refractivity contribution in [1.29, 1.82) is 0 Å². The summed E-state index contributed by atoms with van der Waals surface area (Å²) in [6, 6.07) is 2.36. The fourth-order valence-corrected chi connectivity index (χ4v) is 2.21. The molecule has 5 heteroatoms. The van der Waals surface area contributed by atoms with Crippen LogP contribution in [0.2, 0.25) is 0 Å². The Kier molecular flexibility index (Phi) is 4.90. The molecule has 1 heterocycles. The lowest BCUT2D eigenvalue weighted by molar-refractivity contribution is 0.0313. The SMILES string of the molecule is Cc1cnnc(NCCOC2CCC(N)CC2)c1. The summed E-state index contributed by atoms with van der Waals surface area (Å²) >= 11 is 0. The minimum atomic E-state index is 0.380. The molecule has 1 aromatic rings. The van der Waals surface area contributed by atoms with Crippen LogP contribution in [-0.4, -0.2) is 35.5 Å². The summed E-state index contributed by atoms with van der Waals surface area (Å²) in [5.74, 6) is 0.810. The maximum absolute atomic E-state index is 5.86. The summed E-state index contributed by atoms with van der Waals surface area (Å²) in [6.45, 7) is 3.47. The van der Waals surface area contributed by atoms with Crippen LogP contribution in [0, 0.1) is 6.92 Å². The smallest absolute Gasteiger partial charge is 0.148 e. The molecule has 18 heavy (non-hydrogen) atoms. The number of aromatic nitrogens is 2. The molecule has 1 fully saturated rings. The summed E-state index contributed by atoms with van der Waals surface area (Å²) < 4.78 is 5.82. The van der Waals surface area contributed by atoms with Gasteiger partial charge in [-0.3, -0.25) is 0 Å². The molecule has 0 bridgehead atoms. The third-order valence-corrected chi connectivity index (χ3v) is 3.27. The lowest BCUT2D eigenvalue weighted by Gasteiger charge is -2.26. The second-order valence-electron chi connectivity index (χ2n) is 4.95. The highest BCUT2D eigenvalue weighted by Crippen LogP contribution is 2.19. The zero-order valence-corrected chi connectivity index (χ0v) is 10.9. The van der Waals surface area contributed by atoms with Gasteiger partial charge in [0.05, 0.1) is 18.9 Å². The minimum absolute atomic E-state index is 0.380. The summed E-state index contributed by atoms with van der Waals surface area (Å²) in [6.07, 6.45) is 6.47. The Balaban J connectivity index is 1.61. The lowest BCUT2D eigenvalue weighted by Crippen LogP contribution is -2.31. The molecule has 5 nitrogen and oxygen atoms in total. The summed E-state index contributed by atoms with van der Waals surface area (Å²) in [4.78, 5) is 0. The van der Waals surface area contributed by atoms with E-state index < -0.39 is 0 Å². The Morgan fingerprint density at radius 2 is 2.17 bits per heavy atom. The van der Waals surface area contributed by atoms with E-state index in [1.807, 2.05) is 13.0 Å². The summed E-state index contributed by atoms with van der Waals surface area (Å²) in [5.41, 5.74) is 6.97. The number of nitrogens with two attached hydrogens (primary N) is 1. The van der Waals surface area contributed by atoms with Crippen LogP contribution in [0.1, 0.15) is 31.2 Å². The molecule has 1 aromatic heterocycles. The largest absolute Gasteiger partial charge is 0.376 e. The molecule has 2 rings (SSSR count). The van der Waals surface area contributed by atoms with Gasteiger partial charge < -0.3 is 15.8 Å². The van der Waals surface area contributed by atoms with Gasteiger partial charge >= 0.3 is 0 Å². The zero-order valence-electron chi connectivity index (χ0n) is 10.9. The fraction of sp³-hybridized carbons (Fsp3) is 0.692. The Labute approximate surface area is 108 Å². The van der Waals surface area contributed by atoms with Crippen molar-refractivity contribution in [2.45, 2.75) is 44.8 Å². The molecule has 3 N–H and O–H groups in total. The van der Waals surface area contributed by atoms with E-state index >= 15 is 0 Å². The van der Waals surface area contributed by atoms with Crippen LogP contribution in [0.3, 0.4) is 0 Å². The third-order valence-electron chi connectivity index (χ3n) is 3.27. The maximum Gasteiger partial charge on any atom is 0.148 e. The van der Waals surface area contributed by atoms with E-state index in [4.69, 9.17) is 10.5 Å². The molecular formula is C13H22N4O. The van der Waals surface area contributed by atoms with E-state index in [0.717, 1.165) is 43.6 Å². The van der Waals surface area contributed by atoms with Gasteiger partial charge in [0.25, 0.3) is 0 Å². The monoisotopic (exact) mass is 250 g/mol. The van der Waals surface area contributed by atoms with Crippen molar-refractivity contribution in [3.05, 3.63) is 17.8 Å². The van der Waals surface area contributed by atoms with Gasteiger partial charge in [0.1, 0.15) is 5.82 Å². The molecule has 0 aromatic carbocycles. The normalized spacial score (nSPS) is 23.9. The van der Waals surface area contributed by atoms with E-state index in [0.29, 0.717) is 18.8 Å². The number of hydrogen-bond donors (Lipinski definition) is 2. The molecule has 0 aliphatic heterocycles. The van der Waals surface area contributed by atoms with Crippen LogP contribution in [0.5, 0.6) is 0 Å². The highest BCUT2D eigenvalue weighted by atomic mass is 16.5. The molecule has 0 atom stereocenters. The fourth-order valence-electron chi connectivity index (χ4n) is 2.21. The van der Waals surface area contributed by atoms with Gasteiger partial charge in [-0.25, -0.2) is 0 Å². The molecule has 0 unspecified atom stereocenters. The number of nitrogens with one attached hydrogen (secondary N) is 1. The third kappa shape index (κ3) is 4.23. The highest BCUT2D eigenvalue weighted by molar-refractivity contribution is 5.34. The van der Waals surface area contributed by atoms with Crippen LogP contribution in [0.25, 0.3) is 0 Å². The molecular weight excluding hydrogens is 228 g/mol. The predicted molar refractivity (Wildman–Crippen MR) is 71.4 cm³/mol. The number of nitrogens with zero attached hydrogens (tertiary/aromatic N) is 2. The standard InChI is InChI=1S/C13H22N4O/c1-10-8-13(17-16-9-10)15-6-7-18-12-4-2-11(14)3-5-12/h8-9,11-12H,2-7,14H2,1H3,(H,15,17). The molecule has 100 valence electrons. The van der Waals surface area contributed by atoms with Gasteiger partial charge in [-0.2, -0.15) is 5.10 Å². The lowest BCUT2D eigenvalue weighted by atomic mass is 9.94. The second-order valence-corrected chi connectivity index (χ2v) is 4.95. The first-order chi connectivity index (χ1) is 8.74. The Morgan fingerprint density at radius 1 is 1.39 bits per heavy atom. The van der Waals surface area contributed by atoms with Crippen molar-refractivity contribution >= 4 is 5.82 Å².